The van der Waals surface area contributed by atoms with E-state index in [-0.39, 0.29) is 0 Å². The fraction of sp³-hybridized carbons (Fsp3) is 0.364. The molecule has 2 rings (SSSR count). The first-order chi connectivity index (χ1) is 8.69. The van der Waals surface area contributed by atoms with Gasteiger partial charge in [0, 0.05) is 26.0 Å². The van der Waals surface area contributed by atoms with Gasteiger partial charge in [-0.15, -0.1) is 0 Å². The Bertz CT molecular complexity index is 496. The van der Waals surface area contributed by atoms with Crippen molar-refractivity contribution in [2.45, 2.75) is 6.92 Å². The first-order valence-electron chi connectivity index (χ1n) is 5.65. The molecule has 0 bridgehead atoms. The average molecular weight is 264 g/mol. The Morgan fingerprint density at radius 2 is 2.00 bits per heavy atom. The number of nitrogens with zero attached hydrogens (tertiary/aromatic N) is 4. The van der Waals surface area contributed by atoms with E-state index in [9.17, 15) is 0 Å². The molecular weight excluding hydrogens is 248 g/mol. The maximum Gasteiger partial charge on any atom is 0.233 e. The normalized spacial score (nSPS) is 10.2. The van der Waals surface area contributed by atoms with Crippen LogP contribution in [0.25, 0.3) is 0 Å². The fourth-order valence-corrected chi connectivity index (χ4v) is 1.91. The number of hydrogen-bond acceptors (Lipinski definition) is 7. The van der Waals surface area contributed by atoms with E-state index in [1.807, 2.05) is 42.7 Å². The van der Waals surface area contributed by atoms with Gasteiger partial charge in [0.1, 0.15) is 0 Å². The lowest BCUT2D eigenvalue weighted by Gasteiger charge is -2.13. The lowest BCUT2D eigenvalue weighted by atomic mass is 10.5. The van der Waals surface area contributed by atoms with Gasteiger partial charge in [-0.1, -0.05) is 0 Å². The summed E-state index contributed by atoms with van der Waals surface area (Å²) in [7, 11) is 3.80. The largest absolute Gasteiger partial charge is 0.354 e. The van der Waals surface area contributed by atoms with Crippen LogP contribution < -0.4 is 15.5 Å². The third-order valence-electron chi connectivity index (χ3n) is 2.14. The highest BCUT2D eigenvalue weighted by molar-refractivity contribution is 7.08. The van der Waals surface area contributed by atoms with E-state index in [0.29, 0.717) is 17.8 Å². The molecule has 6 nitrogen and oxygen atoms in total. The van der Waals surface area contributed by atoms with Crippen molar-refractivity contribution in [1.82, 2.24) is 15.0 Å². The maximum absolute atomic E-state index is 4.35. The molecule has 2 aromatic heterocycles. The summed E-state index contributed by atoms with van der Waals surface area (Å²) in [6.07, 6.45) is 0. The van der Waals surface area contributed by atoms with Crippen LogP contribution in [0.2, 0.25) is 0 Å². The summed E-state index contributed by atoms with van der Waals surface area (Å²) in [4.78, 5) is 14.8. The molecule has 7 heteroatoms. The zero-order chi connectivity index (χ0) is 13.0. The molecule has 0 saturated heterocycles. The minimum atomic E-state index is 0.544. The quantitative estimate of drug-likeness (QED) is 0.863. The van der Waals surface area contributed by atoms with Gasteiger partial charge in [0.05, 0.1) is 5.69 Å². The Kier molecular flexibility index (Phi) is 3.93. The summed E-state index contributed by atoms with van der Waals surface area (Å²) in [6.45, 7) is 2.78. The van der Waals surface area contributed by atoms with Crippen LogP contribution in [0, 0.1) is 0 Å². The number of aromatic nitrogens is 3. The van der Waals surface area contributed by atoms with Crippen molar-refractivity contribution in [2.75, 3.05) is 36.2 Å². The summed E-state index contributed by atoms with van der Waals surface area (Å²) in [5, 5.41) is 10.3. The van der Waals surface area contributed by atoms with Crippen LogP contribution in [0.15, 0.2) is 16.8 Å². The van der Waals surface area contributed by atoms with E-state index in [2.05, 4.69) is 25.6 Å². The molecule has 96 valence electrons. The SMILES string of the molecule is CCNc1nc(Nc2ccsc2)nc(N(C)C)n1. The van der Waals surface area contributed by atoms with Crippen LogP contribution in [0.3, 0.4) is 0 Å². The first-order valence-corrected chi connectivity index (χ1v) is 6.60. The highest BCUT2D eigenvalue weighted by atomic mass is 32.1. The van der Waals surface area contributed by atoms with Gasteiger partial charge in [-0.3, -0.25) is 0 Å². The van der Waals surface area contributed by atoms with Crippen LogP contribution in [0.5, 0.6) is 0 Å². The van der Waals surface area contributed by atoms with Crippen LogP contribution >= 0.6 is 11.3 Å². The van der Waals surface area contributed by atoms with Crippen molar-refractivity contribution in [3.63, 3.8) is 0 Å². The molecule has 2 heterocycles. The Hall–Kier alpha value is -1.89. The summed E-state index contributed by atoms with van der Waals surface area (Å²) in [5.74, 6) is 1.75. The van der Waals surface area contributed by atoms with Gasteiger partial charge in [-0.25, -0.2) is 0 Å². The fourth-order valence-electron chi connectivity index (χ4n) is 1.32. The molecule has 0 radical (unpaired) electrons. The molecule has 0 spiro atoms. The van der Waals surface area contributed by atoms with Crippen molar-refractivity contribution in [2.24, 2.45) is 0 Å². The van der Waals surface area contributed by atoms with Gasteiger partial charge >= 0.3 is 0 Å². The molecule has 18 heavy (non-hydrogen) atoms. The second kappa shape index (κ2) is 5.63. The second-order valence-corrected chi connectivity index (χ2v) is 4.62. The van der Waals surface area contributed by atoms with Gasteiger partial charge < -0.3 is 15.5 Å². The number of hydrogen-bond donors (Lipinski definition) is 2. The summed E-state index contributed by atoms with van der Waals surface area (Å²) >= 11 is 1.62. The van der Waals surface area contributed by atoms with E-state index in [0.717, 1.165) is 12.2 Å². The lowest BCUT2D eigenvalue weighted by Crippen LogP contribution is -2.16. The molecule has 0 aliphatic rings. The molecular formula is C11H16N6S. The molecule has 2 N–H and O–H groups in total. The van der Waals surface area contributed by atoms with Crippen LogP contribution in [-0.4, -0.2) is 35.6 Å². The monoisotopic (exact) mass is 264 g/mol. The van der Waals surface area contributed by atoms with E-state index in [1.54, 1.807) is 11.3 Å². The predicted octanol–water partition coefficient (Wildman–Crippen LogP) is 2.17. The van der Waals surface area contributed by atoms with Crippen molar-refractivity contribution in [3.05, 3.63) is 16.8 Å². The van der Waals surface area contributed by atoms with Gasteiger partial charge in [-0.2, -0.15) is 26.3 Å². The summed E-state index contributed by atoms with van der Waals surface area (Å²) < 4.78 is 0. The first kappa shape index (κ1) is 12.6. The number of anilines is 4. The molecule has 0 atom stereocenters. The Balaban J connectivity index is 2.27. The molecule has 2 aromatic rings. The number of rotatable bonds is 5. The molecule has 0 aliphatic carbocycles. The van der Waals surface area contributed by atoms with Crippen molar-refractivity contribution >= 4 is 34.9 Å². The Morgan fingerprint density at radius 3 is 2.61 bits per heavy atom. The minimum Gasteiger partial charge on any atom is -0.354 e. The topological polar surface area (TPSA) is 66.0 Å². The smallest absolute Gasteiger partial charge is 0.233 e. The van der Waals surface area contributed by atoms with Crippen molar-refractivity contribution in [3.8, 4) is 0 Å². The zero-order valence-corrected chi connectivity index (χ0v) is 11.5. The maximum atomic E-state index is 4.35. The van der Waals surface area contributed by atoms with Gasteiger partial charge in [0.15, 0.2) is 0 Å². The van der Waals surface area contributed by atoms with Gasteiger partial charge in [-0.05, 0) is 18.4 Å². The highest BCUT2D eigenvalue weighted by Gasteiger charge is 2.07. The minimum absolute atomic E-state index is 0.544. The predicted molar refractivity (Wildman–Crippen MR) is 75.9 cm³/mol. The van der Waals surface area contributed by atoms with E-state index in [1.165, 1.54) is 0 Å². The highest BCUT2D eigenvalue weighted by Crippen LogP contribution is 2.18. The summed E-state index contributed by atoms with van der Waals surface area (Å²) in [6, 6.07) is 1.98. The molecule has 0 aliphatic heterocycles. The average Bonchev–Trinajstić information content (AvgIpc) is 2.82. The standard InChI is InChI=1S/C11H16N6S/c1-4-12-9-14-10(13-8-5-6-18-7-8)16-11(15-9)17(2)3/h5-7H,4H2,1-3H3,(H2,12,13,14,15,16). The number of thiophene rings is 1. The van der Waals surface area contributed by atoms with Crippen LogP contribution in [0.4, 0.5) is 23.5 Å². The third-order valence-corrected chi connectivity index (χ3v) is 2.82. The Morgan fingerprint density at radius 1 is 1.22 bits per heavy atom. The van der Waals surface area contributed by atoms with Crippen LogP contribution in [-0.2, 0) is 0 Å². The number of nitrogens with one attached hydrogen (secondary N) is 2. The van der Waals surface area contributed by atoms with Crippen molar-refractivity contribution < 1.29 is 0 Å². The third kappa shape index (κ3) is 3.07. The molecule has 0 aromatic carbocycles. The van der Waals surface area contributed by atoms with Gasteiger partial charge in [0.2, 0.25) is 17.8 Å². The second-order valence-electron chi connectivity index (χ2n) is 3.84. The molecule has 0 unspecified atom stereocenters. The van der Waals surface area contributed by atoms with Gasteiger partial charge in [0.25, 0.3) is 0 Å². The zero-order valence-electron chi connectivity index (χ0n) is 10.6. The summed E-state index contributed by atoms with van der Waals surface area (Å²) in [5.41, 5.74) is 0.985. The van der Waals surface area contributed by atoms with Crippen molar-refractivity contribution in [1.29, 1.82) is 0 Å². The van der Waals surface area contributed by atoms with E-state index < -0.39 is 0 Å². The van der Waals surface area contributed by atoms with E-state index in [4.69, 9.17) is 0 Å². The lowest BCUT2D eigenvalue weighted by molar-refractivity contribution is 0.953. The molecule has 0 amide bonds. The molecule has 0 fully saturated rings. The molecule has 0 saturated carbocycles. The van der Waals surface area contributed by atoms with Crippen LogP contribution in [0.1, 0.15) is 6.92 Å². The van der Waals surface area contributed by atoms with E-state index >= 15 is 0 Å². The Labute approximate surface area is 110 Å².